The Morgan fingerprint density at radius 3 is 2.04 bits per heavy atom. The van der Waals surface area contributed by atoms with Gasteiger partial charge in [0.2, 0.25) is 0 Å². The second-order valence-electron chi connectivity index (χ2n) is 5.56. The van der Waals surface area contributed by atoms with Crippen LogP contribution in [0.1, 0.15) is 25.0 Å². The summed E-state index contributed by atoms with van der Waals surface area (Å²) in [5, 5.41) is 19.2. The molecule has 0 unspecified atom stereocenters. The van der Waals surface area contributed by atoms with Gasteiger partial charge in [-0.05, 0) is 23.8 Å². The second kappa shape index (κ2) is 5.87. The summed E-state index contributed by atoms with van der Waals surface area (Å²) in [5.41, 5.74) is -0.442. The normalized spacial score (nSPS) is 12.4. The molecule has 8 heteroatoms. The number of hydrogen-bond acceptors (Lipinski definition) is 4. The highest BCUT2D eigenvalue weighted by Gasteiger charge is 2.34. The van der Waals surface area contributed by atoms with Gasteiger partial charge in [-0.3, -0.25) is 4.55 Å². The van der Waals surface area contributed by atoms with Gasteiger partial charge in [-0.2, -0.15) is 8.42 Å². The zero-order chi connectivity index (χ0) is 17.6. The van der Waals surface area contributed by atoms with Crippen molar-refractivity contribution in [3.8, 4) is 11.5 Å². The standard InChI is InChI=1S/C15H14Cl2O5S/c1-15(2,10-4-3-8(18)5-11(10)16)14-12(17)6-9(19)7-13(14)23(20,21)22/h3-7,18-19H,1-2H3,(H,20,21,22). The summed E-state index contributed by atoms with van der Waals surface area (Å²) in [6, 6.07) is 6.37. The van der Waals surface area contributed by atoms with Crippen LogP contribution in [-0.4, -0.2) is 23.2 Å². The van der Waals surface area contributed by atoms with Crippen LogP contribution in [0.15, 0.2) is 35.2 Å². The van der Waals surface area contributed by atoms with Crippen LogP contribution in [0.5, 0.6) is 11.5 Å². The molecule has 0 radical (unpaired) electrons. The lowest BCUT2D eigenvalue weighted by atomic mass is 9.78. The van der Waals surface area contributed by atoms with Crippen LogP contribution in [0.2, 0.25) is 10.0 Å². The minimum atomic E-state index is -4.63. The third kappa shape index (κ3) is 3.40. The van der Waals surface area contributed by atoms with Gasteiger partial charge in [0.25, 0.3) is 10.1 Å². The monoisotopic (exact) mass is 376 g/mol. The van der Waals surface area contributed by atoms with Crippen molar-refractivity contribution in [2.45, 2.75) is 24.2 Å². The Bertz CT molecular complexity index is 876. The Morgan fingerprint density at radius 2 is 1.52 bits per heavy atom. The molecule has 0 amide bonds. The fraction of sp³-hybridized carbons (Fsp3) is 0.200. The van der Waals surface area contributed by atoms with Gasteiger partial charge < -0.3 is 10.2 Å². The molecule has 0 aromatic heterocycles. The first-order valence-electron chi connectivity index (χ1n) is 6.44. The molecule has 0 aliphatic heterocycles. The zero-order valence-electron chi connectivity index (χ0n) is 12.2. The molecule has 0 heterocycles. The highest BCUT2D eigenvalue weighted by atomic mass is 35.5. The molecule has 2 aromatic carbocycles. The number of phenols is 2. The maximum absolute atomic E-state index is 11.7. The number of benzene rings is 2. The van der Waals surface area contributed by atoms with Crippen LogP contribution < -0.4 is 0 Å². The lowest BCUT2D eigenvalue weighted by molar-refractivity contribution is 0.461. The molecule has 0 bridgehead atoms. The summed E-state index contributed by atoms with van der Waals surface area (Å²) in [7, 11) is -4.63. The van der Waals surface area contributed by atoms with E-state index in [1.54, 1.807) is 13.8 Å². The van der Waals surface area contributed by atoms with Crippen LogP contribution in [0.25, 0.3) is 0 Å². The van der Waals surface area contributed by atoms with Gasteiger partial charge in [0.05, 0.1) is 0 Å². The third-order valence-electron chi connectivity index (χ3n) is 3.57. The third-order valence-corrected chi connectivity index (χ3v) is 5.06. The predicted molar refractivity (Wildman–Crippen MR) is 88.2 cm³/mol. The Morgan fingerprint density at radius 1 is 0.957 bits per heavy atom. The summed E-state index contributed by atoms with van der Waals surface area (Å²) < 4.78 is 32.8. The largest absolute Gasteiger partial charge is 0.508 e. The van der Waals surface area contributed by atoms with E-state index in [0.717, 1.165) is 6.07 Å². The SMILES string of the molecule is CC(C)(c1ccc(O)cc1Cl)c1c(Cl)cc(O)cc1S(=O)(=O)O. The highest BCUT2D eigenvalue weighted by Crippen LogP contribution is 2.44. The summed E-state index contributed by atoms with van der Waals surface area (Å²) in [5.74, 6) is -0.430. The lowest BCUT2D eigenvalue weighted by Gasteiger charge is -2.29. The van der Waals surface area contributed by atoms with Crippen molar-refractivity contribution in [2.75, 3.05) is 0 Å². The number of halogens is 2. The summed E-state index contributed by atoms with van der Waals surface area (Å²) >= 11 is 12.3. The summed E-state index contributed by atoms with van der Waals surface area (Å²) in [6.45, 7) is 3.33. The molecular weight excluding hydrogens is 363 g/mol. The Kier molecular flexibility index (Phi) is 4.56. The van der Waals surface area contributed by atoms with E-state index in [9.17, 15) is 23.2 Å². The zero-order valence-corrected chi connectivity index (χ0v) is 14.5. The fourth-order valence-electron chi connectivity index (χ4n) is 2.52. The minimum absolute atomic E-state index is 0.0354. The van der Waals surface area contributed by atoms with Gasteiger partial charge in [-0.1, -0.05) is 43.1 Å². The molecule has 124 valence electrons. The number of rotatable bonds is 3. The van der Waals surface area contributed by atoms with Crippen LogP contribution in [0, 0.1) is 0 Å². The molecule has 0 aliphatic carbocycles. The van der Waals surface area contributed by atoms with E-state index in [2.05, 4.69) is 0 Å². The smallest absolute Gasteiger partial charge is 0.295 e. The average Bonchev–Trinajstić information content (AvgIpc) is 2.35. The minimum Gasteiger partial charge on any atom is -0.508 e. The first-order valence-corrected chi connectivity index (χ1v) is 8.63. The van der Waals surface area contributed by atoms with E-state index in [-0.39, 0.29) is 27.1 Å². The first-order chi connectivity index (χ1) is 10.4. The molecule has 0 fully saturated rings. The van der Waals surface area contributed by atoms with Gasteiger partial charge in [0.1, 0.15) is 16.4 Å². The van der Waals surface area contributed by atoms with Crippen molar-refractivity contribution >= 4 is 33.3 Å². The van der Waals surface area contributed by atoms with E-state index in [4.69, 9.17) is 23.2 Å². The average molecular weight is 377 g/mol. The van der Waals surface area contributed by atoms with Gasteiger partial charge in [-0.25, -0.2) is 0 Å². The van der Waals surface area contributed by atoms with Crippen LogP contribution in [0.4, 0.5) is 0 Å². The van der Waals surface area contributed by atoms with Gasteiger partial charge >= 0.3 is 0 Å². The van der Waals surface area contributed by atoms with Crippen LogP contribution >= 0.6 is 23.2 Å². The van der Waals surface area contributed by atoms with E-state index in [0.29, 0.717) is 5.56 Å². The number of aromatic hydroxyl groups is 2. The second-order valence-corrected chi connectivity index (χ2v) is 7.77. The van der Waals surface area contributed by atoms with Crippen molar-refractivity contribution in [2.24, 2.45) is 0 Å². The Balaban J connectivity index is 2.83. The molecule has 5 nitrogen and oxygen atoms in total. The van der Waals surface area contributed by atoms with Crippen molar-refractivity contribution in [3.63, 3.8) is 0 Å². The van der Waals surface area contributed by atoms with Crippen molar-refractivity contribution in [1.82, 2.24) is 0 Å². The van der Waals surface area contributed by atoms with Crippen LogP contribution in [0.3, 0.4) is 0 Å². The molecule has 0 aliphatic rings. The van der Waals surface area contributed by atoms with Crippen LogP contribution in [-0.2, 0) is 15.5 Å². The van der Waals surface area contributed by atoms with Crippen molar-refractivity contribution < 1.29 is 23.2 Å². The number of phenolic OH excluding ortho intramolecular Hbond substituents is 2. The molecule has 0 atom stereocenters. The summed E-state index contributed by atoms with van der Waals surface area (Å²) in [6.07, 6.45) is 0. The molecule has 0 spiro atoms. The van der Waals surface area contributed by atoms with E-state index >= 15 is 0 Å². The quantitative estimate of drug-likeness (QED) is 0.704. The highest BCUT2D eigenvalue weighted by molar-refractivity contribution is 7.85. The number of hydrogen-bond donors (Lipinski definition) is 3. The topological polar surface area (TPSA) is 94.8 Å². The predicted octanol–water partition coefficient (Wildman–Crippen LogP) is 3.98. The van der Waals surface area contributed by atoms with E-state index in [1.165, 1.54) is 24.3 Å². The Labute approximate surface area is 143 Å². The maximum Gasteiger partial charge on any atom is 0.295 e. The van der Waals surface area contributed by atoms with E-state index in [1.807, 2.05) is 0 Å². The molecule has 3 N–H and O–H groups in total. The molecule has 23 heavy (non-hydrogen) atoms. The molecule has 0 saturated carbocycles. The summed E-state index contributed by atoms with van der Waals surface area (Å²) in [4.78, 5) is -0.503. The van der Waals surface area contributed by atoms with Gasteiger partial charge in [0, 0.05) is 27.1 Å². The van der Waals surface area contributed by atoms with E-state index < -0.39 is 20.4 Å². The van der Waals surface area contributed by atoms with Gasteiger partial charge in [0.15, 0.2) is 0 Å². The maximum atomic E-state index is 11.7. The molecule has 2 rings (SSSR count). The molecular formula is C15H14Cl2O5S. The first kappa shape index (κ1) is 17.9. The fourth-order valence-corrected chi connectivity index (χ4v) is 4.33. The lowest BCUT2D eigenvalue weighted by Crippen LogP contribution is -2.23. The van der Waals surface area contributed by atoms with Crippen molar-refractivity contribution in [1.29, 1.82) is 0 Å². The Hall–Kier alpha value is -1.47. The molecule has 2 aromatic rings. The molecule has 0 saturated heterocycles. The van der Waals surface area contributed by atoms with Crippen molar-refractivity contribution in [3.05, 3.63) is 51.5 Å². The van der Waals surface area contributed by atoms with Gasteiger partial charge in [-0.15, -0.1) is 0 Å².